The van der Waals surface area contributed by atoms with E-state index in [0.29, 0.717) is 30.4 Å². The smallest absolute Gasteiger partial charge is 0.334 e. The molecule has 0 unspecified atom stereocenters. The molecule has 1 saturated carbocycles. The van der Waals surface area contributed by atoms with Crippen LogP contribution in [0.15, 0.2) is 24.3 Å². The van der Waals surface area contributed by atoms with Crippen molar-refractivity contribution in [2.75, 3.05) is 6.54 Å². The van der Waals surface area contributed by atoms with Crippen molar-refractivity contribution in [2.24, 2.45) is 11.8 Å². The van der Waals surface area contributed by atoms with Crippen LogP contribution >= 0.6 is 11.6 Å². The first-order valence-electron chi connectivity index (χ1n) is 12.3. The maximum absolute atomic E-state index is 14.4. The molecule has 0 bridgehead atoms. The van der Waals surface area contributed by atoms with Crippen LogP contribution in [0, 0.1) is 11.8 Å². The van der Waals surface area contributed by atoms with Crippen molar-refractivity contribution in [3.8, 4) is 11.3 Å². The summed E-state index contributed by atoms with van der Waals surface area (Å²) in [6.07, 6.45) is 1.20. The minimum absolute atomic E-state index is 0.0704. The number of hydrogen-bond acceptors (Lipinski definition) is 3. The van der Waals surface area contributed by atoms with Crippen LogP contribution in [-0.4, -0.2) is 38.0 Å². The maximum atomic E-state index is 14.4. The van der Waals surface area contributed by atoms with Gasteiger partial charge in [0.2, 0.25) is 0 Å². The molecule has 1 aliphatic heterocycles. The van der Waals surface area contributed by atoms with Crippen molar-refractivity contribution in [3.63, 3.8) is 0 Å². The molecule has 3 atom stereocenters. The zero-order chi connectivity index (χ0) is 24.5. The Morgan fingerprint density at radius 3 is 2.69 bits per heavy atom. The molecule has 1 amide bonds. The molecular weight excluding hydrogens is 477 g/mol. The predicted octanol–water partition coefficient (Wildman–Crippen LogP) is 6.21. The number of aryl methyl sites for hydroxylation is 1. The van der Waals surface area contributed by atoms with Crippen LogP contribution in [0.25, 0.3) is 16.9 Å². The number of likely N-dealkylation sites (tertiary alicyclic amines) is 1. The molecule has 3 heterocycles. The summed E-state index contributed by atoms with van der Waals surface area (Å²) in [7, 11) is 0. The summed E-state index contributed by atoms with van der Waals surface area (Å²) in [5, 5.41) is 4.08. The summed E-state index contributed by atoms with van der Waals surface area (Å²) in [6.45, 7) is 2.72. The SMILES string of the molecule is C[C@@H]1CCC[C@H]2CCCN(C(=O)c3nn4c(C(F)(F)F)c5c(nc4c3Cl)-c3ccccc3CC5)[C@H]21. The molecule has 35 heavy (non-hydrogen) atoms. The van der Waals surface area contributed by atoms with E-state index in [1.54, 1.807) is 12.1 Å². The number of amides is 1. The van der Waals surface area contributed by atoms with Crippen molar-refractivity contribution in [3.05, 3.63) is 51.8 Å². The number of alkyl halides is 3. The molecule has 2 fully saturated rings. The predicted molar refractivity (Wildman–Crippen MR) is 126 cm³/mol. The fraction of sp³-hybridized carbons (Fsp3) is 0.500. The normalized spacial score (nSPS) is 24.1. The van der Waals surface area contributed by atoms with E-state index in [2.05, 4.69) is 17.0 Å². The lowest BCUT2D eigenvalue weighted by Gasteiger charge is -2.47. The average molecular weight is 503 g/mol. The molecule has 0 radical (unpaired) electrons. The lowest BCUT2D eigenvalue weighted by atomic mass is 9.73. The number of rotatable bonds is 1. The molecule has 0 spiro atoms. The van der Waals surface area contributed by atoms with Gasteiger partial charge in [-0.15, -0.1) is 0 Å². The molecule has 3 aliphatic rings. The largest absolute Gasteiger partial charge is 0.433 e. The zero-order valence-corrected chi connectivity index (χ0v) is 20.2. The van der Waals surface area contributed by atoms with E-state index in [4.69, 9.17) is 11.6 Å². The van der Waals surface area contributed by atoms with Gasteiger partial charge in [-0.05, 0) is 55.9 Å². The fourth-order valence-electron chi connectivity index (χ4n) is 6.60. The molecule has 1 aromatic carbocycles. The van der Waals surface area contributed by atoms with E-state index < -0.39 is 17.8 Å². The van der Waals surface area contributed by atoms with Gasteiger partial charge in [-0.1, -0.05) is 49.2 Å². The van der Waals surface area contributed by atoms with E-state index in [1.165, 1.54) is 0 Å². The van der Waals surface area contributed by atoms with Gasteiger partial charge in [0.25, 0.3) is 5.91 Å². The van der Waals surface area contributed by atoms with Gasteiger partial charge in [0.05, 0.1) is 5.69 Å². The third-order valence-corrected chi connectivity index (χ3v) is 8.44. The van der Waals surface area contributed by atoms with Crippen molar-refractivity contribution in [1.29, 1.82) is 0 Å². The van der Waals surface area contributed by atoms with E-state index in [0.717, 1.165) is 42.2 Å². The molecule has 2 aliphatic carbocycles. The Bertz CT molecular complexity index is 1330. The molecule has 184 valence electrons. The first-order valence-corrected chi connectivity index (χ1v) is 12.7. The fourth-order valence-corrected chi connectivity index (χ4v) is 6.84. The van der Waals surface area contributed by atoms with E-state index in [-0.39, 0.29) is 40.1 Å². The lowest BCUT2D eigenvalue weighted by Crippen LogP contribution is -2.53. The van der Waals surface area contributed by atoms with Gasteiger partial charge in [-0.3, -0.25) is 4.79 Å². The lowest BCUT2D eigenvalue weighted by molar-refractivity contribution is -0.143. The highest BCUT2D eigenvalue weighted by atomic mass is 35.5. The number of fused-ring (bicyclic) bond motifs is 5. The third-order valence-electron chi connectivity index (χ3n) is 8.09. The van der Waals surface area contributed by atoms with Crippen LogP contribution in [0.1, 0.15) is 66.3 Å². The Kier molecular flexibility index (Phi) is 5.36. The summed E-state index contributed by atoms with van der Waals surface area (Å²) in [5.74, 6) is 0.358. The van der Waals surface area contributed by atoms with Crippen LogP contribution in [0.5, 0.6) is 0 Å². The summed E-state index contributed by atoms with van der Waals surface area (Å²) < 4.78 is 44.0. The number of hydrogen-bond donors (Lipinski definition) is 0. The Morgan fingerprint density at radius 2 is 1.89 bits per heavy atom. The maximum Gasteiger partial charge on any atom is 0.433 e. The average Bonchev–Trinajstić information content (AvgIpc) is 3.17. The first-order chi connectivity index (χ1) is 16.8. The van der Waals surface area contributed by atoms with Gasteiger partial charge >= 0.3 is 6.18 Å². The van der Waals surface area contributed by atoms with Crippen molar-refractivity contribution < 1.29 is 18.0 Å². The number of halogens is 4. The molecule has 6 rings (SSSR count). The molecule has 1 saturated heterocycles. The van der Waals surface area contributed by atoms with Crippen LogP contribution in [0.4, 0.5) is 13.2 Å². The van der Waals surface area contributed by atoms with Crippen LogP contribution in [-0.2, 0) is 19.0 Å². The number of aromatic nitrogens is 3. The Labute approximate surface area is 206 Å². The number of nitrogens with zero attached hydrogens (tertiary/aromatic N) is 4. The van der Waals surface area contributed by atoms with Crippen LogP contribution < -0.4 is 0 Å². The number of carbonyl (C=O) groups is 1. The summed E-state index contributed by atoms with van der Waals surface area (Å²) in [4.78, 5) is 20.1. The number of piperidine rings is 1. The highest BCUT2D eigenvalue weighted by Crippen LogP contribution is 2.43. The standard InChI is InChI=1S/C26H26ClF3N4O/c1-14-6-4-8-16-9-5-13-33(22(14)16)25(35)21-19(27)24-31-20-17-10-3-2-7-15(17)11-12-18(20)23(26(28,29)30)34(24)32-21/h2-3,7,10,14,16,22H,4-6,8-9,11-13H2,1H3/t14-,16+,22+/m1/s1. The monoisotopic (exact) mass is 502 g/mol. The highest BCUT2D eigenvalue weighted by molar-refractivity contribution is 6.36. The Balaban J connectivity index is 1.52. The molecule has 2 aromatic heterocycles. The highest BCUT2D eigenvalue weighted by Gasteiger charge is 2.44. The topological polar surface area (TPSA) is 50.5 Å². The first kappa shape index (κ1) is 22.8. The molecular formula is C26H26ClF3N4O. The molecule has 9 heteroatoms. The van der Waals surface area contributed by atoms with Crippen molar-refractivity contribution >= 4 is 23.2 Å². The minimum atomic E-state index is -4.68. The summed E-state index contributed by atoms with van der Waals surface area (Å²) >= 11 is 6.61. The number of carbonyl (C=O) groups excluding carboxylic acids is 1. The van der Waals surface area contributed by atoms with Crippen LogP contribution in [0.2, 0.25) is 5.02 Å². The second-order valence-corrected chi connectivity index (χ2v) is 10.5. The minimum Gasteiger partial charge on any atom is -0.334 e. The van der Waals surface area contributed by atoms with Crippen LogP contribution in [0.3, 0.4) is 0 Å². The summed E-state index contributed by atoms with van der Waals surface area (Å²) in [6, 6.07) is 7.42. The van der Waals surface area contributed by atoms with Gasteiger partial charge in [0.1, 0.15) is 5.02 Å². The van der Waals surface area contributed by atoms with E-state index >= 15 is 0 Å². The van der Waals surface area contributed by atoms with E-state index in [1.807, 2.05) is 17.0 Å². The number of benzene rings is 1. The van der Waals surface area contributed by atoms with Gasteiger partial charge in [-0.25, -0.2) is 9.50 Å². The Hall–Kier alpha value is -2.61. The van der Waals surface area contributed by atoms with Gasteiger partial charge in [0.15, 0.2) is 17.0 Å². The molecule has 0 N–H and O–H groups in total. The Morgan fingerprint density at radius 1 is 1.11 bits per heavy atom. The van der Waals surface area contributed by atoms with Gasteiger partial charge in [-0.2, -0.15) is 18.3 Å². The van der Waals surface area contributed by atoms with Crippen molar-refractivity contribution in [2.45, 2.75) is 64.1 Å². The zero-order valence-electron chi connectivity index (χ0n) is 19.4. The third kappa shape index (κ3) is 3.55. The second-order valence-electron chi connectivity index (χ2n) is 10.1. The van der Waals surface area contributed by atoms with Gasteiger partial charge < -0.3 is 4.90 Å². The van der Waals surface area contributed by atoms with Gasteiger partial charge in [0, 0.05) is 23.7 Å². The van der Waals surface area contributed by atoms with Crippen molar-refractivity contribution in [1.82, 2.24) is 19.5 Å². The molecule has 5 nitrogen and oxygen atoms in total. The quantitative estimate of drug-likeness (QED) is 0.397. The molecule has 3 aromatic rings. The van der Waals surface area contributed by atoms with E-state index in [9.17, 15) is 18.0 Å². The summed E-state index contributed by atoms with van der Waals surface area (Å²) in [5.41, 5.74) is 0.828. The second kappa shape index (κ2) is 8.22.